The lowest BCUT2D eigenvalue weighted by Gasteiger charge is -2.09. The molecule has 0 atom stereocenters. The Kier molecular flexibility index (Phi) is 15.1. The first-order chi connectivity index (χ1) is 14.5. The van der Waals surface area contributed by atoms with Gasteiger partial charge in [-0.1, -0.05) is 56.6 Å². The van der Waals surface area contributed by atoms with E-state index in [0.29, 0.717) is 12.8 Å². The van der Waals surface area contributed by atoms with Crippen LogP contribution in [0.3, 0.4) is 0 Å². The number of aryl methyl sites for hydroxylation is 1. The Morgan fingerprint density at radius 1 is 0.867 bits per heavy atom. The Hall–Kier alpha value is -1.58. The van der Waals surface area contributed by atoms with Crippen molar-refractivity contribution in [2.45, 2.75) is 75.7 Å². The number of carboxylic acids is 2. The van der Waals surface area contributed by atoms with Crippen molar-refractivity contribution in [2.75, 3.05) is 11.5 Å². The lowest BCUT2D eigenvalue weighted by molar-refractivity contribution is -0.138. The van der Waals surface area contributed by atoms with E-state index in [-0.39, 0.29) is 17.4 Å². The minimum absolute atomic E-state index is 0.0193. The molecule has 0 spiro atoms. The molecule has 0 saturated carbocycles. The number of unbranched alkanes of at least 4 members (excludes halogenated alkanes) is 4. The van der Waals surface area contributed by atoms with Crippen LogP contribution in [0.15, 0.2) is 24.3 Å². The van der Waals surface area contributed by atoms with E-state index < -0.39 is 11.9 Å². The summed E-state index contributed by atoms with van der Waals surface area (Å²) in [5, 5.41) is 17.5. The van der Waals surface area contributed by atoms with Crippen LogP contribution >= 0.6 is 23.5 Å². The van der Waals surface area contributed by atoms with Gasteiger partial charge in [-0.15, -0.1) is 23.5 Å². The van der Waals surface area contributed by atoms with E-state index in [2.05, 4.69) is 43.0 Å². The molecule has 166 valence electrons. The van der Waals surface area contributed by atoms with E-state index in [0.717, 1.165) is 23.5 Å². The molecule has 0 unspecified atom stereocenters. The molecule has 0 radical (unpaired) electrons. The molecule has 1 rings (SSSR count). The molecule has 0 aliphatic carbocycles. The van der Waals surface area contributed by atoms with Gasteiger partial charge in [0.1, 0.15) is 4.58 Å². The molecule has 0 fully saturated rings. The minimum Gasteiger partial charge on any atom is -0.481 e. The van der Waals surface area contributed by atoms with E-state index in [9.17, 15) is 9.59 Å². The SMILES string of the molecule is CCCCCCCc1ccc(C#CC(SCCCC(=O)O)SCCCC(=O)O)cc1. The zero-order chi connectivity index (χ0) is 22.0. The summed E-state index contributed by atoms with van der Waals surface area (Å²) < 4.78 is 0.0193. The summed E-state index contributed by atoms with van der Waals surface area (Å²) in [4.78, 5) is 21.3. The average Bonchev–Trinajstić information content (AvgIpc) is 2.72. The molecule has 1 aromatic carbocycles. The van der Waals surface area contributed by atoms with Gasteiger partial charge in [0.2, 0.25) is 0 Å². The number of hydrogen-bond donors (Lipinski definition) is 2. The molecule has 0 bridgehead atoms. The first-order valence-electron chi connectivity index (χ1n) is 10.8. The van der Waals surface area contributed by atoms with Crippen LogP contribution in [0.4, 0.5) is 0 Å². The second kappa shape index (κ2) is 17.1. The smallest absolute Gasteiger partial charge is 0.303 e. The van der Waals surface area contributed by atoms with Crippen molar-refractivity contribution in [2.24, 2.45) is 0 Å². The summed E-state index contributed by atoms with van der Waals surface area (Å²) in [6, 6.07) is 8.43. The number of carboxylic acid groups (broad SMARTS) is 2. The largest absolute Gasteiger partial charge is 0.481 e. The first-order valence-corrected chi connectivity index (χ1v) is 12.9. The molecule has 1 aromatic rings. The molecule has 0 aliphatic heterocycles. The number of aliphatic carboxylic acids is 2. The number of hydrogen-bond acceptors (Lipinski definition) is 4. The van der Waals surface area contributed by atoms with E-state index >= 15 is 0 Å². The van der Waals surface area contributed by atoms with Crippen molar-refractivity contribution in [3.05, 3.63) is 35.4 Å². The predicted octanol–water partition coefficient (Wildman–Crippen LogP) is 6.07. The van der Waals surface area contributed by atoms with Crippen molar-refractivity contribution in [1.29, 1.82) is 0 Å². The molecule has 0 aromatic heterocycles. The van der Waals surface area contributed by atoms with Crippen molar-refractivity contribution in [3.63, 3.8) is 0 Å². The third kappa shape index (κ3) is 14.4. The second-order valence-electron chi connectivity index (χ2n) is 7.20. The van der Waals surface area contributed by atoms with Crippen LogP contribution in [-0.2, 0) is 16.0 Å². The van der Waals surface area contributed by atoms with Gasteiger partial charge >= 0.3 is 11.9 Å². The van der Waals surface area contributed by atoms with Crippen LogP contribution in [0.25, 0.3) is 0 Å². The van der Waals surface area contributed by atoms with Crippen LogP contribution in [0.2, 0.25) is 0 Å². The number of thioether (sulfide) groups is 2. The van der Waals surface area contributed by atoms with E-state index in [4.69, 9.17) is 10.2 Å². The Morgan fingerprint density at radius 2 is 1.43 bits per heavy atom. The fourth-order valence-electron chi connectivity index (χ4n) is 2.79. The van der Waals surface area contributed by atoms with Gasteiger partial charge in [0.25, 0.3) is 0 Å². The first kappa shape index (κ1) is 26.5. The molecule has 0 saturated heterocycles. The summed E-state index contributed by atoms with van der Waals surface area (Å²) in [7, 11) is 0. The van der Waals surface area contributed by atoms with Gasteiger partial charge in [0.15, 0.2) is 0 Å². The number of benzene rings is 1. The fraction of sp³-hybridized carbons (Fsp3) is 0.583. The monoisotopic (exact) mass is 450 g/mol. The van der Waals surface area contributed by atoms with Gasteiger partial charge in [-0.05, 0) is 54.9 Å². The standard InChI is InChI=1S/C24H34O4S2/c1-2-3-4-5-6-9-20-12-14-21(15-13-20)16-17-24(29-18-7-10-22(25)26)30-19-8-11-23(27)28/h12-15,24H,2-11,18-19H2,1H3,(H,25,26)(H,27,28). The van der Waals surface area contributed by atoms with Gasteiger partial charge in [0, 0.05) is 18.4 Å². The number of rotatable bonds is 16. The second-order valence-corrected chi connectivity index (χ2v) is 9.92. The van der Waals surface area contributed by atoms with Crippen molar-refractivity contribution in [1.82, 2.24) is 0 Å². The quantitative estimate of drug-likeness (QED) is 0.181. The lowest BCUT2D eigenvalue weighted by Crippen LogP contribution is -2.01. The summed E-state index contributed by atoms with van der Waals surface area (Å²) in [5.41, 5.74) is 2.33. The predicted molar refractivity (Wildman–Crippen MR) is 128 cm³/mol. The van der Waals surface area contributed by atoms with Crippen LogP contribution < -0.4 is 0 Å². The van der Waals surface area contributed by atoms with Gasteiger partial charge in [-0.25, -0.2) is 0 Å². The highest BCUT2D eigenvalue weighted by atomic mass is 32.2. The van der Waals surface area contributed by atoms with E-state index in [1.807, 2.05) is 0 Å². The zero-order valence-electron chi connectivity index (χ0n) is 17.9. The summed E-state index contributed by atoms with van der Waals surface area (Å²) in [6.07, 6.45) is 9.08. The normalized spacial score (nSPS) is 10.6. The maximum Gasteiger partial charge on any atom is 0.303 e. The van der Waals surface area contributed by atoms with Crippen LogP contribution in [0.1, 0.15) is 75.8 Å². The van der Waals surface area contributed by atoms with Gasteiger partial charge in [-0.3, -0.25) is 9.59 Å². The lowest BCUT2D eigenvalue weighted by atomic mass is 10.0. The Morgan fingerprint density at radius 3 is 1.97 bits per heavy atom. The maximum atomic E-state index is 10.7. The molecular formula is C24H34O4S2. The molecule has 0 amide bonds. The summed E-state index contributed by atoms with van der Waals surface area (Å²) in [6.45, 7) is 2.23. The van der Waals surface area contributed by atoms with Gasteiger partial charge < -0.3 is 10.2 Å². The average molecular weight is 451 g/mol. The Labute approximate surface area is 189 Å². The molecule has 6 heteroatoms. The molecular weight excluding hydrogens is 416 g/mol. The highest BCUT2D eigenvalue weighted by Crippen LogP contribution is 2.25. The molecule has 0 aliphatic rings. The molecule has 4 nitrogen and oxygen atoms in total. The van der Waals surface area contributed by atoms with Gasteiger partial charge in [0.05, 0.1) is 0 Å². The Bertz CT molecular complexity index is 655. The Balaban J connectivity index is 2.53. The summed E-state index contributed by atoms with van der Waals surface area (Å²) >= 11 is 3.28. The topological polar surface area (TPSA) is 74.6 Å². The van der Waals surface area contributed by atoms with Crippen LogP contribution in [0, 0.1) is 11.8 Å². The maximum absolute atomic E-state index is 10.7. The van der Waals surface area contributed by atoms with E-state index in [1.165, 1.54) is 37.7 Å². The van der Waals surface area contributed by atoms with Crippen molar-refractivity contribution >= 4 is 35.5 Å². The van der Waals surface area contributed by atoms with Crippen molar-refractivity contribution in [3.8, 4) is 11.8 Å². The third-order valence-electron chi connectivity index (χ3n) is 4.47. The van der Waals surface area contributed by atoms with E-state index in [1.54, 1.807) is 23.5 Å². The molecule has 0 heterocycles. The van der Waals surface area contributed by atoms with Crippen LogP contribution in [0.5, 0.6) is 0 Å². The summed E-state index contributed by atoms with van der Waals surface area (Å²) in [5.74, 6) is 6.41. The highest BCUT2D eigenvalue weighted by molar-refractivity contribution is 8.17. The van der Waals surface area contributed by atoms with Gasteiger partial charge in [-0.2, -0.15) is 0 Å². The third-order valence-corrected chi connectivity index (χ3v) is 7.17. The number of carbonyl (C=O) groups is 2. The zero-order valence-corrected chi connectivity index (χ0v) is 19.5. The van der Waals surface area contributed by atoms with Crippen molar-refractivity contribution < 1.29 is 19.8 Å². The minimum atomic E-state index is -0.780. The molecule has 2 N–H and O–H groups in total. The molecule has 30 heavy (non-hydrogen) atoms. The fourth-order valence-corrected chi connectivity index (χ4v) is 5.09. The highest BCUT2D eigenvalue weighted by Gasteiger charge is 2.08. The van der Waals surface area contributed by atoms with Crippen LogP contribution in [-0.4, -0.2) is 38.2 Å².